The summed E-state index contributed by atoms with van der Waals surface area (Å²) in [4.78, 5) is 36.8. The molecule has 1 aromatic carbocycles. The van der Waals surface area contributed by atoms with Crippen LogP contribution in [-0.2, 0) is 22.6 Å². The van der Waals surface area contributed by atoms with Crippen molar-refractivity contribution in [3.63, 3.8) is 0 Å². The summed E-state index contributed by atoms with van der Waals surface area (Å²) in [5.74, 6) is -0.0890. The molecule has 35 heavy (non-hydrogen) atoms. The smallest absolute Gasteiger partial charge is 0.328 e. The number of aromatic nitrogens is 2. The Morgan fingerprint density at radius 1 is 0.971 bits per heavy atom. The van der Waals surface area contributed by atoms with Gasteiger partial charge < -0.3 is 14.2 Å². The minimum Gasteiger partial charge on any atom is -0.383 e. The largest absolute Gasteiger partial charge is 0.383 e. The lowest BCUT2D eigenvalue weighted by atomic mass is 9.85. The number of hydrogen-bond donors (Lipinski definition) is 0. The lowest BCUT2D eigenvalue weighted by Gasteiger charge is -2.42. The second-order valence-corrected chi connectivity index (χ2v) is 9.19. The molecule has 0 aliphatic carbocycles. The number of piperidine rings is 1. The monoisotopic (exact) mass is 473 g/mol. The Balaban J connectivity index is 1.34. The molecule has 3 amide bonds. The van der Waals surface area contributed by atoms with E-state index >= 15 is 0 Å². The number of nitrogens with zero attached hydrogens (tertiary/aromatic N) is 5. The third-order valence-electron chi connectivity index (χ3n) is 7.15. The van der Waals surface area contributed by atoms with Crippen LogP contribution in [0.3, 0.4) is 0 Å². The first-order valence-electron chi connectivity index (χ1n) is 12.1. The van der Waals surface area contributed by atoms with Gasteiger partial charge in [-0.25, -0.2) is 4.79 Å². The summed E-state index contributed by atoms with van der Waals surface area (Å²) < 4.78 is 7.32. The second-order valence-electron chi connectivity index (χ2n) is 9.19. The molecule has 0 bridgehead atoms. The van der Waals surface area contributed by atoms with Crippen LogP contribution in [0.2, 0.25) is 0 Å². The van der Waals surface area contributed by atoms with Crippen molar-refractivity contribution in [2.45, 2.75) is 31.5 Å². The SMILES string of the molecule is COCCN1C(=O)N(Cc2ccccc2)C2(CCN(Cc3cccn3-c3cccnc3)CC2)C1=O. The Hall–Kier alpha value is -3.49. The first-order chi connectivity index (χ1) is 17.1. The van der Waals surface area contributed by atoms with Crippen LogP contribution in [0.4, 0.5) is 4.79 Å². The summed E-state index contributed by atoms with van der Waals surface area (Å²) >= 11 is 0. The Morgan fingerprint density at radius 2 is 1.77 bits per heavy atom. The number of rotatable bonds is 8. The molecule has 0 saturated carbocycles. The Labute approximate surface area is 205 Å². The van der Waals surface area contributed by atoms with Gasteiger partial charge in [0.25, 0.3) is 5.91 Å². The van der Waals surface area contributed by atoms with Gasteiger partial charge in [-0.2, -0.15) is 0 Å². The predicted octanol–water partition coefficient (Wildman–Crippen LogP) is 3.32. The molecule has 182 valence electrons. The zero-order valence-electron chi connectivity index (χ0n) is 20.0. The van der Waals surface area contributed by atoms with Gasteiger partial charge in [-0.3, -0.25) is 19.6 Å². The van der Waals surface area contributed by atoms with Crippen molar-refractivity contribution in [3.8, 4) is 5.69 Å². The molecule has 0 N–H and O–H groups in total. The summed E-state index contributed by atoms with van der Waals surface area (Å²) in [6.07, 6.45) is 6.90. The first kappa shape index (κ1) is 23.3. The highest BCUT2D eigenvalue weighted by molar-refractivity contribution is 6.07. The molecule has 2 fully saturated rings. The van der Waals surface area contributed by atoms with Gasteiger partial charge in [0, 0.05) is 51.4 Å². The van der Waals surface area contributed by atoms with Gasteiger partial charge in [0.15, 0.2) is 0 Å². The minimum absolute atomic E-state index is 0.0890. The van der Waals surface area contributed by atoms with Crippen molar-refractivity contribution >= 4 is 11.9 Å². The number of urea groups is 1. The summed E-state index contributed by atoms with van der Waals surface area (Å²) in [5, 5.41) is 0. The molecule has 2 aliphatic heterocycles. The summed E-state index contributed by atoms with van der Waals surface area (Å²) in [5.41, 5.74) is 2.42. The third-order valence-corrected chi connectivity index (χ3v) is 7.15. The zero-order chi connectivity index (χ0) is 24.3. The highest BCUT2D eigenvalue weighted by Gasteiger charge is 2.57. The van der Waals surface area contributed by atoms with E-state index in [1.54, 1.807) is 18.2 Å². The summed E-state index contributed by atoms with van der Waals surface area (Å²) in [6, 6.07) is 17.8. The maximum Gasteiger partial charge on any atom is 0.328 e. The number of hydrogen-bond acceptors (Lipinski definition) is 5. The molecule has 3 aromatic rings. The van der Waals surface area contributed by atoms with Crippen molar-refractivity contribution in [3.05, 3.63) is 84.4 Å². The number of benzene rings is 1. The van der Waals surface area contributed by atoms with Crippen LogP contribution < -0.4 is 0 Å². The quantitative estimate of drug-likeness (QED) is 0.470. The van der Waals surface area contributed by atoms with Gasteiger partial charge in [0.05, 0.1) is 25.0 Å². The number of ether oxygens (including phenoxy) is 1. The standard InChI is InChI=1S/C27H31N5O3/c1-35-18-17-31-25(33)27(32(26(31)34)20-22-7-3-2-4-8-22)11-15-29(16-12-27)21-24-10-6-14-30(24)23-9-5-13-28-19-23/h2-10,13-14,19H,11-12,15-18,20-21H2,1H3. The van der Waals surface area contributed by atoms with Gasteiger partial charge in [0.1, 0.15) is 5.54 Å². The number of likely N-dealkylation sites (tertiary alicyclic amines) is 1. The first-order valence-corrected chi connectivity index (χ1v) is 12.1. The van der Waals surface area contributed by atoms with E-state index in [9.17, 15) is 9.59 Å². The average Bonchev–Trinajstić information content (AvgIpc) is 3.43. The summed E-state index contributed by atoms with van der Waals surface area (Å²) in [6.45, 7) is 3.29. The lowest BCUT2D eigenvalue weighted by Crippen LogP contribution is -2.56. The van der Waals surface area contributed by atoms with E-state index in [4.69, 9.17) is 4.74 Å². The van der Waals surface area contributed by atoms with Crippen LogP contribution in [0.1, 0.15) is 24.1 Å². The van der Waals surface area contributed by atoms with Gasteiger partial charge in [-0.05, 0) is 42.7 Å². The van der Waals surface area contributed by atoms with E-state index < -0.39 is 5.54 Å². The minimum atomic E-state index is -0.803. The fraction of sp³-hybridized carbons (Fsp3) is 0.370. The van der Waals surface area contributed by atoms with E-state index in [0.29, 0.717) is 26.0 Å². The van der Waals surface area contributed by atoms with Crippen LogP contribution in [0.15, 0.2) is 73.2 Å². The number of pyridine rings is 1. The van der Waals surface area contributed by atoms with Crippen LogP contribution in [0.5, 0.6) is 0 Å². The molecular formula is C27H31N5O3. The zero-order valence-corrected chi connectivity index (χ0v) is 20.0. The fourth-order valence-electron chi connectivity index (χ4n) is 5.23. The topological polar surface area (TPSA) is 70.9 Å². The molecule has 5 rings (SSSR count). The van der Waals surface area contributed by atoms with E-state index in [2.05, 4.69) is 20.5 Å². The maximum absolute atomic E-state index is 13.6. The van der Waals surface area contributed by atoms with Crippen molar-refractivity contribution in [2.75, 3.05) is 33.4 Å². The van der Waals surface area contributed by atoms with Crippen molar-refractivity contribution in [1.29, 1.82) is 0 Å². The number of carbonyl (C=O) groups excluding carboxylic acids is 2. The van der Waals surface area contributed by atoms with E-state index in [0.717, 1.165) is 30.9 Å². The van der Waals surface area contributed by atoms with Gasteiger partial charge in [0.2, 0.25) is 0 Å². The molecule has 1 spiro atoms. The van der Waals surface area contributed by atoms with Crippen LogP contribution in [0.25, 0.3) is 5.69 Å². The molecule has 4 heterocycles. The van der Waals surface area contributed by atoms with Crippen molar-refractivity contribution < 1.29 is 14.3 Å². The van der Waals surface area contributed by atoms with Crippen molar-refractivity contribution in [1.82, 2.24) is 24.3 Å². The van der Waals surface area contributed by atoms with Crippen molar-refractivity contribution in [2.24, 2.45) is 0 Å². The van der Waals surface area contributed by atoms with Crippen LogP contribution in [0, 0.1) is 0 Å². The van der Waals surface area contributed by atoms with Gasteiger partial charge in [-0.1, -0.05) is 30.3 Å². The molecule has 8 heteroatoms. The molecule has 0 atom stereocenters. The van der Waals surface area contributed by atoms with Gasteiger partial charge in [-0.15, -0.1) is 0 Å². The number of methoxy groups -OCH3 is 1. The Bertz CT molecular complexity index is 1160. The number of amides is 3. The second kappa shape index (κ2) is 10.0. The Kier molecular flexibility index (Phi) is 6.66. The Morgan fingerprint density at radius 3 is 2.49 bits per heavy atom. The highest BCUT2D eigenvalue weighted by Crippen LogP contribution is 2.38. The predicted molar refractivity (Wildman–Crippen MR) is 132 cm³/mol. The lowest BCUT2D eigenvalue weighted by molar-refractivity contribution is -0.136. The van der Waals surface area contributed by atoms with Crippen LogP contribution >= 0.6 is 0 Å². The normalized spacial score (nSPS) is 18.1. The average molecular weight is 474 g/mol. The molecule has 0 radical (unpaired) electrons. The van der Waals surface area contributed by atoms with Gasteiger partial charge >= 0.3 is 6.03 Å². The molecule has 2 aliphatic rings. The fourth-order valence-corrected chi connectivity index (χ4v) is 5.23. The van der Waals surface area contributed by atoms with E-state index in [-0.39, 0.29) is 18.5 Å². The third kappa shape index (κ3) is 4.47. The number of imide groups is 1. The molecule has 2 aromatic heterocycles. The van der Waals surface area contributed by atoms with E-state index in [1.807, 2.05) is 60.9 Å². The highest BCUT2D eigenvalue weighted by atomic mass is 16.5. The molecule has 0 unspecified atom stereocenters. The maximum atomic E-state index is 13.6. The number of carbonyl (C=O) groups is 2. The van der Waals surface area contributed by atoms with Crippen LogP contribution in [-0.4, -0.2) is 75.1 Å². The molecule has 8 nitrogen and oxygen atoms in total. The summed E-state index contributed by atoms with van der Waals surface area (Å²) in [7, 11) is 1.59. The van der Waals surface area contributed by atoms with E-state index in [1.165, 1.54) is 10.6 Å². The molecule has 2 saturated heterocycles. The molecular weight excluding hydrogens is 442 g/mol.